The van der Waals surface area contributed by atoms with Crippen LogP contribution in [0, 0.1) is 11.6 Å². The lowest BCUT2D eigenvalue weighted by Crippen LogP contribution is -2.12. The molecule has 2 N–H and O–H groups in total. The van der Waals surface area contributed by atoms with Gasteiger partial charge in [-0.1, -0.05) is 13.0 Å². The van der Waals surface area contributed by atoms with E-state index in [-0.39, 0.29) is 24.5 Å². The Morgan fingerprint density at radius 1 is 1.29 bits per heavy atom. The van der Waals surface area contributed by atoms with Crippen molar-refractivity contribution in [2.45, 2.75) is 32.2 Å². The Balaban J connectivity index is 1.64. The Hall–Kier alpha value is -2.63. The summed E-state index contributed by atoms with van der Waals surface area (Å²) in [5, 5.41) is 0. The molecule has 0 fully saturated rings. The van der Waals surface area contributed by atoms with E-state index in [2.05, 4.69) is 9.98 Å². The van der Waals surface area contributed by atoms with Gasteiger partial charge in [0.1, 0.15) is 11.6 Å². The monoisotopic (exact) mass is 329 g/mol. The first-order valence-corrected chi connectivity index (χ1v) is 7.68. The van der Waals surface area contributed by atoms with Crippen molar-refractivity contribution in [1.29, 1.82) is 0 Å². The molecule has 1 aromatic carbocycles. The van der Waals surface area contributed by atoms with Gasteiger partial charge in [0.25, 0.3) is 0 Å². The molecule has 0 aliphatic carbocycles. The molecule has 4 nitrogen and oxygen atoms in total. The minimum Gasteiger partial charge on any atom is -0.383 e. The second kappa shape index (κ2) is 6.47. The van der Waals surface area contributed by atoms with Gasteiger partial charge in [-0.3, -0.25) is 14.8 Å². The van der Waals surface area contributed by atoms with Crippen molar-refractivity contribution in [2.75, 3.05) is 0 Å². The van der Waals surface area contributed by atoms with Gasteiger partial charge in [0.2, 0.25) is 0 Å². The molecule has 1 aliphatic heterocycles. The van der Waals surface area contributed by atoms with Crippen LogP contribution in [0.4, 0.5) is 8.78 Å². The highest BCUT2D eigenvalue weighted by atomic mass is 19.2. The van der Waals surface area contributed by atoms with Crippen LogP contribution in [0.2, 0.25) is 0 Å². The molecular formula is C18H17F2N3O. The van der Waals surface area contributed by atoms with Crippen molar-refractivity contribution in [1.82, 2.24) is 4.98 Å². The maximum atomic E-state index is 13.3. The first kappa shape index (κ1) is 16.2. The number of carbonyl (C=O) groups is 1. The summed E-state index contributed by atoms with van der Waals surface area (Å²) in [7, 11) is 0. The summed E-state index contributed by atoms with van der Waals surface area (Å²) in [5.41, 5.74) is 8.80. The number of hydrogen-bond donors (Lipinski definition) is 1. The number of rotatable bonds is 5. The third-order valence-electron chi connectivity index (χ3n) is 4.17. The van der Waals surface area contributed by atoms with E-state index in [1.54, 1.807) is 6.20 Å². The number of fused-ring (bicyclic) bond motifs is 1. The Morgan fingerprint density at radius 2 is 2.08 bits per heavy atom. The van der Waals surface area contributed by atoms with E-state index in [0.717, 1.165) is 23.3 Å². The first-order chi connectivity index (χ1) is 11.4. The van der Waals surface area contributed by atoms with Crippen LogP contribution in [-0.2, 0) is 17.8 Å². The summed E-state index contributed by atoms with van der Waals surface area (Å²) >= 11 is 0. The van der Waals surface area contributed by atoms with Crippen LogP contribution in [0.5, 0.6) is 0 Å². The van der Waals surface area contributed by atoms with E-state index in [0.29, 0.717) is 23.6 Å². The highest BCUT2D eigenvalue weighted by Crippen LogP contribution is 2.23. The number of ketones is 1. The Bertz CT molecular complexity index is 833. The van der Waals surface area contributed by atoms with Gasteiger partial charge in [0.15, 0.2) is 11.6 Å². The maximum Gasteiger partial charge on any atom is 0.159 e. The van der Waals surface area contributed by atoms with E-state index in [1.807, 2.05) is 13.0 Å². The zero-order chi connectivity index (χ0) is 17.3. The van der Waals surface area contributed by atoms with Crippen LogP contribution in [0.15, 0.2) is 35.5 Å². The van der Waals surface area contributed by atoms with Gasteiger partial charge in [-0.25, -0.2) is 8.78 Å². The van der Waals surface area contributed by atoms with Gasteiger partial charge in [0.05, 0.1) is 6.54 Å². The van der Waals surface area contributed by atoms with Crippen molar-refractivity contribution in [3.8, 4) is 0 Å². The molecule has 24 heavy (non-hydrogen) atoms. The van der Waals surface area contributed by atoms with Crippen molar-refractivity contribution in [3.05, 3.63) is 64.5 Å². The van der Waals surface area contributed by atoms with Crippen molar-refractivity contribution >= 4 is 11.6 Å². The number of aromatic nitrogens is 1. The number of Topliss-reactive ketones (excluding diaryl/α,β-unsaturated/α-hetero) is 1. The molecule has 0 saturated heterocycles. The fraction of sp³-hybridized carbons (Fsp3) is 0.278. The predicted octanol–water partition coefficient (Wildman–Crippen LogP) is 2.88. The molecule has 0 spiro atoms. The fourth-order valence-electron chi connectivity index (χ4n) is 2.81. The topological polar surface area (TPSA) is 68.3 Å². The summed E-state index contributed by atoms with van der Waals surface area (Å²) in [6.45, 7) is 2.32. The number of hydrogen-bond acceptors (Lipinski definition) is 4. The van der Waals surface area contributed by atoms with Crippen LogP contribution in [-0.4, -0.2) is 16.6 Å². The molecule has 0 saturated carbocycles. The van der Waals surface area contributed by atoms with Crippen LogP contribution < -0.4 is 5.73 Å². The smallest absolute Gasteiger partial charge is 0.159 e. The van der Waals surface area contributed by atoms with Crippen molar-refractivity contribution < 1.29 is 13.6 Å². The number of carbonyl (C=O) groups excluding carboxylic acids is 1. The number of pyridine rings is 1. The lowest BCUT2D eigenvalue weighted by molar-refractivity contribution is -0.118. The molecule has 1 aliphatic rings. The second-order valence-corrected chi connectivity index (χ2v) is 6.03. The number of benzene rings is 1. The minimum absolute atomic E-state index is 0.00781. The standard InChI is InChI=1S/C18H17F2N3O/c1-10(11-2-3-16(19)17(20)6-11)4-14(24)7-13-5-12-8-23-18(21)15(12)9-22-13/h2-3,5-6,9-10H,4,7-8H2,1H3,(H2,21,23). The molecule has 6 heteroatoms. The molecule has 1 atom stereocenters. The number of halogens is 2. The molecule has 3 rings (SSSR count). The van der Waals surface area contributed by atoms with E-state index in [1.165, 1.54) is 6.07 Å². The molecule has 124 valence electrons. The molecule has 1 unspecified atom stereocenters. The van der Waals surface area contributed by atoms with Gasteiger partial charge >= 0.3 is 0 Å². The van der Waals surface area contributed by atoms with Crippen molar-refractivity contribution in [2.24, 2.45) is 10.7 Å². The third kappa shape index (κ3) is 3.32. The summed E-state index contributed by atoms with van der Waals surface area (Å²) in [6.07, 6.45) is 2.08. The fourth-order valence-corrected chi connectivity index (χ4v) is 2.81. The lowest BCUT2D eigenvalue weighted by Gasteiger charge is -2.11. The lowest BCUT2D eigenvalue weighted by atomic mass is 9.94. The first-order valence-electron chi connectivity index (χ1n) is 7.68. The van der Waals surface area contributed by atoms with Gasteiger partial charge in [-0.2, -0.15) is 0 Å². The van der Waals surface area contributed by atoms with Gasteiger partial charge in [0, 0.05) is 30.3 Å². The third-order valence-corrected chi connectivity index (χ3v) is 4.17. The average molecular weight is 329 g/mol. The number of amidine groups is 1. The van der Waals surface area contributed by atoms with Gasteiger partial charge in [-0.05, 0) is 35.2 Å². The summed E-state index contributed by atoms with van der Waals surface area (Å²) in [4.78, 5) is 20.6. The largest absolute Gasteiger partial charge is 0.383 e. The Kier molecular flexibility index (Phi) is 4.38. The SMILES string of the molecule is CC(CC(=O)Cc1cc2c(cn1)C(N)=NC2)c1ccc(F)c(F)c1. The molecular weight excluding hydrogens is 312 g/mol. The maximum absolute atomic E-state index is 13.3. The van der Waals surface area contributed by atoms with Crippen LogP contribution in [0.1, 0.15) is 41.6 Å². The summed E-state index contributed by atoms with van der Waals surface area (Å²) in [5.74, 6) is -1.51. The van der Waals surface area contributed by atoms with Gasteiger partial charge < -0.3 is 5.73 Å². The Labute approximate surface area is 138 Å². The molecule has 0 radical (unpaired) electrons. The van der Waals surface area contributed by atoms with E-state index in [4.69, 9.17) is 5.73 Å². The minimum atomic E-state index is -0.898. The molecule has 2 heterocycles. The second-order valence-electron chi connectivity index (χ2n) is 6.03. The zero-order valence-electron chi connectivity index (χ0n) is 13.2. The average Bonchev–Trinajstić information content (AvgIpc) is 2.90. The van der Waals surface area contributed by atoms with E-state index >= 15 is 0 Å². The quantitative estimate of drug-likeness (QED) is 0.917. The van der Waals surface area contributed by atoms with E-state index < -0.39 is 11.6 Å². The summed E-state index contributed by atoms with van der Waals surface area (Å²) < 4.78 is 26.3. The molecule has 0 amide bonds. The number of nitrogens with two attached hydrogens (primary N) is 1. The van der Waals surface area contributed by atoms with Gasteiger partial charge in [-0.15, -0.1) is 0 Å². The molecule has 1 aromatic heterocycles. The summed E-state index contributed by atoms with van der Waals surface area (Å²) in [6, 6.07) is 5.57. The highest BCUT2D eigenvalue weighted by Gasteiger charge is 2.17. The van der Waals surface area contributed by atoms with Crippen molar-refractivity contribution in [3.63, 3.8) is 0 Å². The normalized spacial score (nSPS) is 14.2. The zero-order valence-corrected chi connectivity index (χ0v) is 13.2. The number of nitrogens with zero attached hydrogens (tertiary/aromatic N) is 2. The highest BCUT2D eigenvalue weighted by molar-refractivity contribution is 6.00. The van der Waals surface area contributed by atoms with Crippen LogP contribution in [0.3, 0.4) is 0 Å². The van der Waals surface area contributed by atoms with Crippen LogP contribution in [0.25, 0.3) is 0 Å². The number of aliphatic imine (C=N–C) groups is 1. The predicted molar refractivity (Wildman–Crippen MR) is 86.8 cm³/mol. The molecule has 0 bridgehead atoms. The van der Waals surface area contributed by atoms with Crippen LogP contribution >= 0.6 is 0 Å². The Morgan fingerprint density at radius 3 is 2.83 bits per heavy atom. The molecule has 2 aromatic rings. The van der Waals surface area contributed by atoms with E-state index in [9.17, 15) is 13.6 Å².